The van der Waals surface area contributed by atoms with Crippen LogP contribution >= 0.6 is 0 Å². The van der Waals surface area contributed by atoms with E-state index in [2.05, 4.69) is 0 Å². The molecule has 5 heteroatoms. The third-order valence-electron chi connectivity index (χ3n) is 2.89. The smallest absolute Gasteiger partial charge is 0.165 e. The maximum Gasteiger partial charge on any atom is 0.165 e. The van der Waals surface area contributed by atoms with Gasteiger partial charge in [-0.3, -0.25) is 4.79 Å². The number of carbonyl (C=O) groups excluding carboxylic acids is 1. The van der Waals surface area contributed by atoms with Gasteiger partial charge in [-0.15, -0.1) is 0 Å². The number of rotatable bonds is 5. The lowest BCUT2D eigenvalue weighted by molar-refractivity contribution is 0.111. The molecule has 0 spiro atoms. The molecule has 0 aromatic heterocycles. The zero-order valence-electron chi connectivity index (χ0n) is 11.3. The van der Waals surface area contributed by atoms with Crippen molar-refractivity contribution in [2.24, 2.45) is 0 Å². The predicted octanol–water partition coefficient (Wildman–Crippen LogP) is 3.10. The molecule has 0 amide bonds. The first-order chi connectivity index (χ1) is 10.2. The fourth-order valence-corrected chi connectivity index (χ4v) is 1.84. The van der Waals surface area contributed by atoms with Gasteiger partial charge in [0.2, 0.25) is 0 Å². The Morgan fingerprint density at radius 1 is 1.33 bits per heavy atom. The van der Waals surface area contributed by atoms with Crippen LogP contribution in [-0.4, -0.2) is 13.4 Å². The molecule has 0 saturated heterocycles. The van der Waals surface area contributed by atoms with E-state index in [9.17, 15) is 9.18 Å². The van der Waals surface area contributed by atoms with E-state index in [0.717, 1.165) is 0 Å². The molecule has 106 valence electrons. The summed E-state index contributed by atoms with van der Waals surface area (Å²) in [5.74, 6) is -0.265. The molecule has 0 radical (unpaired) electrons. The van der Waals surface area contributed by atoms with E-state index in [0.29, 0.717) is 23.2 Å². The highest BCUT2D eigenvalue weighted by molar-refractivity contribution is 5.79. The van der Waals surface area contributed by atoms with Crippen molar-refractivity contribution in [2.75, 3.05) is 7.11 Å². The zero-order valence-corrected chi connectivity index (χ0v) is 11.3. The molecule has 0 aliphatic rings. The highest BCUT2D eigenvalue weighted by atomic mass is 19.1. The summed E-state index contributed by atoms with van der Waals surface area (Å²) in [6.45, 7) is 0.0594. The van der Waals surface area contributed by atoms with E-state index in [1.54, 1.807) is 18.2 Å². The Labute approximate surface area is 121 Å². The second kappa shape index (κ2) is 6.53. The number of ether oxygens (including phenoxy) is 2. The molecule has 0 saturated carbocycles. The van der Waals surface area contributed by atoms with Gasteiger partial charge in [-0.25, -0.2) is 4.39 Å². The van der Waals surface area contributed by atoms with Crippen molar-refractivity contribution in [3.63, 3.8) is 0 Å². The minimum atomic E-state index is -0.597. The largest absolute Gasteiger partial charge is 0.495 e. The van der Waals surface area contributed by atoms with E-state index in [-0.39, 0.29) is 17.9 Å². The Morgan fingerprint density at radius 2 is 2.14 bits per heavy atom. The molecule has 2 rings (SSSR count). The van der Waals surface area contributed by atoms with Gasteiger partial charge in [0.25, 0.3) is 0 Å². The highest BCUT2D eigenvalue weighted by Crippen LogP contribution is 2.24. The van der Waals surface area contributed by atoms with Crippen molar-refractivity contribution in [1.29, 1.82) is 5.26 Å². The number of aldehydes is 1. The number of hydrogen-bond donors (Lipinski definition) is 0. The zero-order chi connectivity index (χ0) is 15.2. The molecule has 0 unspecified atom stereocenters. The van der Waals surface area contributed by atoms with Crippen LogP contribution in [0.15, 0.2) is 36.4 Å². The molecule has 0 fully saturated rings. The Hall–Kier alpha value is -2.87. The van der Waals surface area contributed by atoms with Gasteiger partial charge in [0.1, 0.15) is 18.4 Å². The molecule has 4 nitrogen and oxygen atoms in total. The minimum absolute atomic E-state index is 0.0594. The number of methoxy groups -OCH3 is 1. The molecule has 0 N–H and O–H groups in total. The number of benzene rings is 2. The van der Waals surface area contributed by atoms with Gasteiger partial charge in [-0.2, -0.15) is 5.26 Å². The van der Waals surface area contributed by atoms with Gasteiger partial charge < -0.3 is 9.47 Å². The molecule has 0 atom stereocenters. The maximum atomic E-state index is 13.7. The van der Waals surface area contributed by atoms with Crippen LogP contribution < -0.4 is 9.47 Å². The van der Waals surface area contributed by atoms with Crippen molar-refractivity contribution >= 4 is 6.29 Å². The highest BCUT2D eigenvalue weighted by Gasteiger charge is 2.10. The Balaban J connectivity index is 2.21. The lowest BCUT2D eigenvalue weighted by atomic mass is 10.1. The summed E-state index contributed by atoms with van der Waals surface area (Å²) in [4.78, 5) is 10.9. The summed E-state index contributed by atoms with van der Waals surface area (Å²) in [5, 5.41) is 8.90. The molecule has 0 bridgehead atoms. The second-order valence-corrected chi connectivity index (χ2v) is 4.21. The minimum Gasteiger partial charge on any atom is -0.495 e. The molecule has 0 aliphatic heterocycles. The van der Waals surface area contributed by atoms with Gasteiger partial charge in [-0.1, -0.05) is 12.1 Å². The van der Waals surface area contributed by atoms with E-state index < -0.39 is 5.82 Å². The lowest BCUT2D eigenvalue weighted by Gasteiger charge is -2.10. The summed E-state index contributed by atoms with van der Waals surface area (Å²) >= 11 is 0. The van der Waals surface area contributed by atoms with Crippen molar-refractivity contribution in [3.05, 3.63) is 58.9 Å². The number of nitrogens with zero attached hydrogens (tertiary/aromatic N) is 1. The number of carbonyl (C=O) groups is 1. The van der Waals surface area contributed by atoms with Gasteiger partial charge in [0.15, 0.2) is 17.9 Å². The number of hydrogen-bond acceptors (Lipinski definition) is 4. The Kier molecular flexibility index (Phi) is 4.52. The maximum absolute atomic E-state index is 13.7. The third-order valence-corrected chi connectivity index (χ3v) is 2.89. The van der Waals surface area contributed by atoms with Gasteiger partial charge in [0.05, 0.1) is 18.2 Å². The van der Waals surface area contributed by atoms with Crippen molar-refractivity contribution in [2.45, 2.75) is 6.61 Å². The quantitative estimate of drug-likeness (QED) is 0.792. The van der Waals surface area contributed by atoms with E-state index in [1.807, 2.05) is 6.07 Å². The molecule has 0 heterocycles. The first-order valence-electron chi connectivity index (χ1n) is 6.13. The van der Waals surface area contributed by atoms with Crippen LogP contribution in [0.5, 0.6) is 11.5 Å². The number of nitriles is 1. The van der Waals surface area contributed by atoms with Crippen molar-refractivity contribution < 1.29 is 18.7 Å². The SMILES string of the molecule is COc1cc(COc2c(F)cccc2C=O)ccc1C#N. The van der Waals surface area contributed by atoms with Crippen LogP contribution in [0.25, 0.3) is 0 Å². The van der Waals surface area contributed by atoms with Crippen LogP contribution in [0, 0.1) is 17.1 Å². The average molecular weight is 285 g/mol. The molecular formula is C16H12FNO3. The molecule has 0 aliphatic carbocycles. The van der Waals surface area contributed by atoms with Gasteiger partial charge in [0, 0.05) is 0 Å². The van der Waals surface area contributed by atoms with Gasteiger partial charge in [-0.05, 0) is 29.8 Å². The van der Waals surface area contributed by atoms with E-state index in [4.69, 9.17) is 14.7 Å². The summed E-state index contributed by atoms with van der Waals surface area (Å²) in [6.07, 6.45) is 0.539. The standard InChI is InChI=1S/C16H12FNO3/c1-20-15-7-11(5-6-12(15)8-18)10-21-16-13(9-19)3-2-4-14(16)17/h2-7,9H,10H2,1H3. The number of para-hydroxylation sites is 1. The van der Waals surface area contributed by atoms with Crippen LogP contribution in [0.4, 0.5) is 4.39 Å². The molecular weight excluding hydrogens is 273 g/mol. The first kappa shape index (κ1) is 14.5. The van der Waals surface area contributed by atoms with Crippen molar-refractivity contribution in [1.82, 2.24) is 0 Å². The van der Waals surface area contributed by atoms with Crippen LogP contribution in [0.1, 0.15) is 21.5 Å². The Morgan fingerprint density at radius 3 is 2.81 bits per heavy atom. The second-order valence-electron chi connectivity index (χ2n) is 4.21. The molecule has 21 heavy (non-hydrogen) atoms. The topological polar surface area (TPSA) is 59.3 Å². The first-order valence-corrected chi connectivity index (χ1v) is 6.13. The molecule has 2 aromatic rings. The van der Waals surface area contributed by atoms with Gasteiger partial charge >= 0.3 is 0 Å². The van der Waals surface area contributed by atoms with Crippen LogP contribution in [-0.2, 0) is 6.61 Å². The summed E-state index contributed by atoms with van der Waals surface area (Å²) < 4.78 is 24.1. The normalized spacial score (nSPS) is 9.76. The summed E-state index contributed by atoms with van der Waals surface area (Å²) in [7, 11) is 1.46. The molecule has 2 aromatic carbocycles. The predicted molar refractivity (Wildman–Crippen MR) is 73.8 cm³/mol. The fraction of sp³-hybridized carbons (Fsp3) is 0.125. The fourth-order valence-electron chi connectivity index (χ4n) is 1.84. The van der Waals surface area contributed by atoms with E-state index in [1.165, 1.54) is 25.3 Å². The Bertz CT molecular complexity index is 707. The third kappa shape index (κ3) is 3.18. The van der Waals surface area contributed by atoms with Crippen LogP contribution in [0.3, 0.4) is 0 Å². The monoisotopic (exact) mass is 285 g/mol. The van der Waals surface area contributed by atoms with E-state index >= 15 is 0 Å². The number of halogens is 1. The van der Waals surface area contributed by atoms with Crippen molar-refractivity contribution in [3.8, 4) is 17.6 Å². The average Bonchev–Trinajstić information content (AvgIpc) is 2.53. The van der Waals surface area contributed by atoms with Crippen LogP contribution in [0.2, 0.25) is 0 Å². The summed E-state index contributed by atoms with van der Waals surface area (Å²) in [6, 6.07) is 11.1. The summed E-state index contributed by atoms with van der Waals surface area (Å²) in [5.41, 5.74) is 1.25. The lowest BCUT2D eigenvalue weighted by Crippen LogP contribution is -2.01.